The van der Waals surface area contributed by atoms with Gasteiger partial charge in [-0.05, 0) is 26.0 Å². The van der Waals surface area contributed by atoms with Crippen molar-refractivity contribution in [1.82, 2.24) is 10.2 Å². The molecule has 1 heterocycles. The summed E-state index contributed by atoms with van der Waals surface area (Å²) in [6, 6.07) is 7.73. The van der Waals surface area contributed by atoms with Gasteiger partial charge in [0, 0.05) is 18.0 Å². The second-order valence-electron chi connectivity index (χ2n) is 4.66. The highest BCUT2D eigenvalue weighted by Crippen LogP contribution is 2.19. The Bertz CT molecular complexity index is 473. The number of nitrogens with zero attached hydrogens (tertiary/aromatic N) is 1. The molecule has 0 aromatic heterocycles. The Morgan fingerprint density at radius 1 is 1.42 bits per heavy atom. The molecule has 1 aromatic rings. The standard InChI is InChI=1S/C14H18N2O2S/c1-10-3-5-12(6-4-10)19-9-13(17)16-8-7-15-14(18)11(16)2/h3-6,11H,7-9H2,1-2H3,(H,15,18). The molecule has 0 bridgehead atoms. The van der Waals surface area contributed by atoms with Crippen LogP contribution in [0.25, 0.3) is 0 Å². The summed E-state index contributed by atoms with van der Waals surface area (Å²) in [5, 5.41) is 2.76. The lowest BCUT2D eigenvalue weighted by molar-refractivity contribution is -0.140. The molecule has 2 rings (SSSR count). The molecule has 5 heteroatoms. The first-order valence-corrected chi connectivity index (χ1v) is 7.33. The average molecular weight is 278 g/mol. The number of amides is 2. The number of carbonyl (C=O) groups excluding carboxylic acids is 2. The largest absolute Gasteiger partial charge is 0.353 e. The molecule has 1 saturated heterocycles. The summed E-state index contributed by atoms with van der Waals surface area (Å²) in [5.41, 5.74) is 1.21. The summed E-state index contributed by atoms with van der Waals surface area (Å²) in [6.45, 7) is 4.95. The van der Waals surface area contributed by atoms with Gasteiger partial charge in [0.05, 0.1) is 5.75 Å². The molecular formula is C14H18N2O2S. The number of carbonyl (C=O) groups is 2. The Kier molecular flexibility index (Phi) is 4.47. The van der Waals surface area contributed by atoms with Gasteiger partial charge >= 0.3 is 0 Å². The number of hydrogen-bond donors (Lipinski definition) is 1. The molecule has 0 radical (unpaired) electrons. The number of piperazine rings is 1. The van der Waals surface area contributed by atoms with Crippen LogP contribution in [0.15, 0.2) is 29.2 Å². The first kappa shape index (κ1) is 13.9. The van der Waals surface area contributed by atoms with Gasteiger partial charge in [0.15, 0.2) is 0 Å². The second-order valence-corrected chi connectivity index (χ2v) is 5.70. The third-order valence-corrected chi connectivity index (χ3v) is 4.20. The number of hydrogen-bond acceptors (Lipinski definition) is 3. The van der Waals surface area contributed by atoms with Crippen LogP contribution in [0.4, 0.5) is 0 Å². The molecule has 1 N–H and O–H groups in total. The molecule has 1 unspecified atom stereocenters. The molecule has 1 fully saturated rings. The van der Waals surface area contributed by atoms with E-state index >= 15 is 0 Å². The van der Waals surface area contributed by atoms with Crippen LogP contribution in [0, 0.1) is 6.92 Å². The fraction of sp³-hybridized carbons (Fsp3) is 0.429. The maximum atomic E-state index is 12.1. The van der Waals surface area contributed by atoms with Crippen LogP contribution >= 0.6 is 11.8 Å². The highest BCUT2D eigenvalue weighted by Gasteiger charge is 2.28. The van der Waals surface area contributed by atoms with Crippen molar-refractivity contribution in [1.29, 1.82) is 0 Å². The molecule has 4 nitrogen and oxygen atoms in total. The van der Waals surface area contributed by atoms with E-state index in [1.165, 1.54) is 17.3 Å². The number of rotatable bonds is 3. The minimum absolute atomic E-state index is 0.0212. The van der Waals surface area contributed by atoms with Gasteiger partial charge < -0.3 is 10.2 Å². The van der Waals surface area contributed by atoms with Crippen molar-refractivity contribution in [2.75, 3.05) is 18.8 Å². The normalized spacial score (nSPS) is 19.2. The molecule has 0 aliphatic carbocycles. The average Bonchev–Trinajstić information content (AvgIpc) is 2.41. The van der Waals surface area contributed by atoms with Crippen LogP contribution in [0.2, 0.25) is 0 Å². The predicted octanol–water partition coefficient (Wildman–Crippen LogP) is 1.43. The number of benzene rings is 1. The Morgan fingerprint density at radius 2 is 2.11 bits per heavy atom. The van der Waals surface area contributed by atoms with Crippen molar-refractivity contribution in [2.45, 2.75) is 24.8 Å². The van der Waals surface area contributed by atoms with Gasteiger partial charge in [0.25, 0.3) is 0 Å². The molecule has 1 aliphatic rings. The summed E-state index contributed by atoms with van der Waals surface area (Å²) in [4.78, 5) is 26.4. The molecule has 1 aromatic carbocycles. The monoisotopic (exact) mass is 278 g/mol. The first-order valence-electron chi connectivity index (χ1n) is 6.34. The third kappa shape index (κ3) is 3.50. The van der Waals surface area contributed by atoms with Crippen molar-refractivity contribution in [3.63, 3.8) is 0 Å². The zero-order valence-electron chi connectivity index (χ0n) is 11.2. The molecule has 102 valence electrons. The van der Waals surface area contributed by atoms with Gasteiger partial charge in [-0.15, -0.1) is 11.8 Å². The smallest absolute Gasteiger partial charge is 0.242 e. The van der Waals surface area contributed by atoms with Crippen LogP contribution < -0.4 is 5.32 Å². The Labute approximate surface area is 117 Å². The minimum Gasteiger partial charge on any atom is -0.353 e. The zero-order valence-corrected chi connectivity index (χ0v) is 12.0. The van der Waals surface area contributed by atoms with Gasteiger partial charge in [-0.3, -0.25) is 9.59 Å². The zero-order chi connectivity index (χ0) is 13.8. The van der Waals surface area contributed by atoms with E-state index in [-0.39, 0.29) is 17.9 Å². The Hall–Kier alpha value is -1.49. The fourth-order valence-electron chi connectivity index (χ4n) is 1.99. The van der Waals surface area contributed by atoms with Crippen molar-refractivity contribution in [3.05, 3.63) is 29.8 Å². The number of aryl methyl sites for hydroxylation is 1. The van der Waals surface area contributed by atoms with Crippen LogP contribution in [-0.4, -0.2) is 41.6 Å². The Morgan fingerprint density at radius 3 is 2.79 bits per heavy atom. The van der Waals surface area contributed by atoms with E-state index in [4.69, 9.17) is 0 Å². The summed E-state index contributed by atoms with van der Waals surface area (Å²) < 4.78 is 0. The summed E-state index contributed by atoms with van der Waals surface area (Å²) in [5.74, 6) is 0.327. The molecule has 1 atom stereocenters. The molecule has 19 heavy (non-hydrogen) atoms. The highest BCUT2D eigenvalue weighted by molar-refractivity contribution is 8.00. The van der Waals surface area contributed by atoms with Gasteiger partial charge in [-0.25, -0.2) is 0 Å². The van der Waals surface area contributed by atoms with Crippen molar-refractivity contribution < 1.29 is 9.59 Å². The maximum Gasteiger partial charge on any atom is 0.242 e. The van der Waals surface area contributed by atoms with Gasteiger partial charge in [-0.2, -0.15) is 0 Å². The summed E-state index contributed by atoms with van der Waals surface area (Å²) >= 11 is 1.51. The van der Waals surface area contributed by atoms with Gasteiger partial charge in [-0.1, -0.05) is 17.7 Å². The lowest BCUT2D eigenvalue weighted by atomic mass is 10.2. The Balaban J connectivity index is 1.90. The first-order chi connectivity index (χ1) is 9.08. The third-order valence-electron chi connectivity index (χ3n) is 3.20. The number of nitrogens with one attached hydrogen (secondary N) is 1. The van der Waals surface area contributed by atoms with Gasteiger partial charge in [0.2, 0.25) is 11.8 Å². The van der Waals surface area contributed by atoms with E-state index in [1.807, 2.05) is 31.2 Å². The van der Waals surface area contributed by atoms with Crippen LogP contribution in [0.1, 0.15) is 12.5 Å². The maximum absolute atomic E-state index is 12.1. The van der Waals surface area contributed by atoms with E-state index in [0.29, 0.717) is 18.8 Å². The molecule has 1 aliphatic heterocycles. The SMILES string of the molecule is Cc1ccc(SCC(=O)N2CCNC(=O)C2C)cc1. The quantitative estimate of drug-likeness (QED) is 0.851. The van der Waals surface area contributed by atoms with E-state index in [2.05, 4.69) is 5.32 Å². The van der Waals surface area contributed by atoms with E-state index < -0.39 is 0 Å². The van der Waals surface area contributed by atoms with E-state index in [1.54, 1.807) is 11.8 Å². The van der Waals surface area contributed by atoms with Crippen molar-refractivity contribution in [3.8, 4) is 0 Å². The summed E-state index contributed by atoms with van der Waals surface area (Å²) in [7, 11) is 0. The van der Waals surface area contributed by atoms with Crippen LogP contribution in [-0.2, 0) is 9.59 Å². The molecule has 0 saturated carbocycles. The highest BCUT2D eigenvalue weighted by atomic mass is 32.2. The second kappa shape index (κ2) is 6.10. The van der Waals surface area contributed by atoms with Crippen LogP contribution in [0.3, 0.4) is 0 Å². The van der Waals surface area contributed by atoms with Gasteiger partial charge in [0.1, 0.15) is 6.04 Å². The molecular weight excluding hydrogens is 260 g/mol. The predicted molar refractivity (Wildman–Crippen MR) is 76.1 cm³/mol. The molecule has 0 spiro atoms. The van der Waals surface area contributed by atoms with Crippen LogP contribution in [0.5, 0.6) is 0 Å². The lowest BCUT2D eigenvalue weighted by Gasteiger charge is -2.32. The number of thioether (sulfide) groups is 1. The fourth-order valence-corrected chi connectivity index (χ4v) is 2.77. The summed E-state index contributed by atoms with van der Waals surface area (Å²) in [6.07, 6.45) is 0. The van der Waals surface area contributed by atoms with E-state index in [9.17, 15) is 9.59 Å². The molecule has 2 amide bonds. The lowest BCUT2D eigenvalue weighted by Crippen LogP contribution is -2.56. The van der Waals surface area contributed by atoms with Crippen molar-refractivity contribution >= 4 is 23.6 Å². The van der Waals surface area contributed by atoms with Crippen molar-refractivity contribution in [2.24, 2.45) is 0 Å². The van der Waals surface area contributed by atoms with E-state index in [0.717, 1.165) is 4.90 Å². The topological polar surface area (TPSA) is 49.4 Å². The minimum atomic E-state index is -0.361.